The first-order chi connectivity index (χ1) is 11.3. The van der Waals surface area contributed by atoms with E-state index < -0.39 is 0 Å². The molecule has 114 valence electrons. The lowest BCUT2D eigenvalue weighted by molar-refractivity contribution is 0.340. The molecule has 2 aromatic carbocycles. The number of benzene rings is 2. The van der Waals surface area contributed by atoms with E-state index in [0.717, 1.165) is 28.0 Å². The largest absolute Gasteiger partial charge is 0.494 e. The van der Waals surface area contributed by atoms with Crippen LogP contribution < -0.4 is 10.3 Å². The van der Waals surface area contributed by atoms with Crippen LogP contribution >= 0.6 is 0 Å². The highest BCUT2D eigenvalue weighted by atomic mass is 16.5. The summed E-state index contributed by atoms with van der Waals surface area (Å²) in [6.07, 6.45) is 1.89. The van der Waals surface area contributed by atoms with Gasteiger partial charge in [-0.25, -0.2) is 4.98 Å². The van der Waals surface area contributed by atoms with E-state index in [1.165, 1.54) is 0 Å². The molecule has 0 saturated heterocycles. The molecular formula is C18H15N3O2. The van der Waals surface area contributed by atoms with Crippen molar-refractivity contribution in [3.63, 3.8) is 0 Å². The second-order valence-corrected chi connectivity index (χ2v) is 5.25. The van der Waals surface area contributed by atoms with Gasteiger partial charge in [-0.3, -0.25) is 9.20 Å². The van der Waals surface area contributed by atoms with Gasteiger partial charge in [0.2, 0.25) is 5.65 Å². The second kappa shape index (κ2) is 5.28. The zero-order valence-corrected chi connectivity index (χ0v) is 12.6. The fourth-order valence-electron chi connectivity index (χ4n) is 2.72. The van der Waals surface area contributed by atoms with E-state index in [4.69, 9.17) is 4.74 Å². The number of aromatic nitrogens is 3. The van der Waals surface area contributed by atoms with Gasteiger partial charge in [0, 0.05) is 11.8 Å². The van der Waals surface area contributed by atoms with Crippen LogP contribution in [0.25, 0.3) is 27.9 Å². The quantitative estimate of drug-likeness (QED) is 0.632. The van der Waals surface area contributed by atoms with Crippen molar-refractivity contribution in [1.29, 1.82) is 0 Å². The zero-order valence-electron chi connectivity index (χ0n) is 12.6. The highest BCUT2D eigenvalue weighted by Crippen LogP contribution is 2.23. The summed E-state index contributed by atoms with van der Waals surface area (Å²) in [6, 6.07) is 15.4. The molecule has 0 aliphatic heterocycles. The molecule has 5 nitrogen and oxygen atoms in total. The summed E-state index contributed by atoms with van der Waals surface area (Å²) >= 11 is 0. The van der Waals surface area contributed by atoms with Crippen molar-refractivity contribution in [2.24, 2.45) is 0 Å². The Morgan fingerprint density at radius 3 is 2.70 bits per heavy atom. The number of H-pyrrole nitrogens is 1. The molecule has 0 unspecified atom stereocenters. The third-order valence-electron chi connectivity index (χ3n) is 3.78. The van der Waals surface area contributed by atoms with Crippen molar-refractivity contribution in [2.75, 3.05) is 6.61 Å². The topological polar surface area (TPSA) is 59.4 Å². The molecule has 2 heterocycles. The molecule has 0 aliphatic carbocycles. The Labute approximate surface area is 132 Å². The molecule has 0 amide bonds. The normalized spacial score (nSPS) is 11.2. The molecule has 0 spiro atoms. The van der Waals surface area contributed by atoms with Gasteiger partial charge in [0.1, 0.15) is 5.75 Å². The van der Waals surface area contributed by atoms with Crippen LogP contribution in [0.3, 0.4) is 0 Å². The maximum Gasteiger partial charge on any atom is 0.292 e. The smallest absolute Gasteiger partial charge is 0.292 e. The van der Waals surface area contributed by atoms with Crippen molar-refractivity contribution in [3.8, 4) is 17.0 Å². The average Bonchev–Trinajstić information content (AvgIpc) is 3.02. The standard InChI is InChI=1S/C18H15N3O2/c1-2-23-13-9-7-12(8-10-13)15-11-21-16-6-4-3-5-14(16)20-18(22)17(21)19-15/h3-11H,2H2,1H3,(H,20,22). The Bertz CT molecular complexity index is 1050. The number of fused-ring (bicyclic) bond motifs is 3. The minimum Gasteiger partial charge on any atom is -0.494 e. The van der Waals surface area contributed by atoms with Crippen molar-refractivity contribution in [2.45, 2.75) is 6.92 Å². The summed E-state index contributed by atoms with van der Waals surface area (Å²) in [5.74, 6) is 0.823. The Morgan fingerprint density at radius 1 is 1.13 bits per heavy atom. The molecule has 5 heteroatoms. The monoisotopic (exact) mass is 305 g/mol. The number of nitrogens with one attached hydrogen (secondary N) is 1. The number of para-hydroxylation sites is 2. The number of rotatable bonds is 3. The zero-order chi connectivity index (χ0) is 15.8. The molecule has 0 bridgehead atoms. The van der Waals surface area contributed by atoms with E-state index in [0.29, 0.717) is 12.3 Å². The van der Waals surface area contributed by atoms with E-state index in [9.17, 15) is 4.79 Å². The molecule has 0 saturated carbocycles. The summed E-state index contributed by atoms with van der Waals surface area (Å²) in [5.41, 5.74) is 3.62. The number of ether oxygens (including phenoxy) is 1. The van der Waals surface area contributed by atoms with Crippen LogP contribution in [0.1, 0.15) is 6.92 Å². The molecule has 0 fully saturated rings. The Kier molecular flexibility index (Phi) is 3.12. The summed E-state index contributed by atoms with van der Waals surface area (Å²) in [6.45, 7) is 2.59. The number of aromatic amines is 1. The number of imidazole rings is 1. The van der Waals surface area contributed by atoms with Crippen LogP contribution in [0.5, 0.6) is 5.75 Å². The van der Waals surface area contributed by atoms with Gasteiger partial charge in [0.05, 0.1) is 23.3 Å². The summed E-state index contributed by atoms with van der Waals surface area (Å²) < 4.78 is 7.29. The van der Waals surface area contributed by atoms with Gasteiger partial charge in [0.15, 0.2) is 0 Å². The van der Waals surface area contributed by atoms with Gasteiger partial charge in [-0.1, -0.05) is 12.1 Å². The van der Waals surface area contributed by atoms with Crippen molar-refractivity contribution < 1.29 is 4.74 Å². The van der Waals surface area contributed by atoms with E-state index in [1.54, 1.807) is 0 Å². The number of hydrogen-bond donors (Lipinski definition) is 1. The molecule has 1 N–H and O–H groups in total. The molecule has 4 rings (SSSR count). The molecule has 0 radical (unpaired) electrons. The van der Waals surface area contributed by atoms with Gasteiger partial charge >= 0.3 is 0 Å². The molecule has 23 heavy (non-hydrogen) atoms. The Morgan fingerprint density at radius 2 is 1.91 bits per heavy atom. The van der Waals surface area contributed by atoms with Crippen LogP contribution in [0, 0.1) is 0 Å². The summed E-state index contributed by atoms with van der Waals surface area (Å²) in [7, 11) is 0. The minimum atomic E-state index is -0.194. The molecule has 4 aromatic rings. The highest BCUT2D eigenvalue weighted by molar-refractivity contribution is 5.78. The van der Waals surface area contributed by atoms with Gasteiger partial charge in [0.25, 0.3) is 5.56 Å². The van der Waals surface area contributed by atoms with Gasteiger partial charge in [-0.05, 0) is 43.3 Å². The lowest BCUT2D eigenvalue weighted by atomic mass is 10.2. The second-order valence-electron chi connectivity index (χ2n) is 5.25. The lowest BCUT2D eigenvalue weighted by Crippen LogP contribution is -2.10. The fraction of sp³-hybridized carbons (Fsp3) is 0.111. The SMILES string of the molecule is CCOc1ccc(-c2cn3c(n2)c(=O)[nH]c2ccccc23)cc1. The van der Waals surface area contributed by atoms with E-state index >= 15 is 0 Å². The maximum absolute atomic E-state index is 12.2. The molecule has 0 aliphatic rings. The van der Waals surface area contributed by atoms with E-state index in [2.05, 4.69) is 9.97 Å². The number of nitrogens with zero attached hydrogens (tertiary/aromatic N) is 2. The van der Waals surface area contributed by atoms with Crippen LogP contribution in [0.15, 0.2) is 59.5 Å². The first-order valence-corrected chi connectivity index (χ1v) is 7.49. The number of hydrogen-bond acceptors (Lipinski definition) is 3. The van der Waals surface area contributed by atoms with Crippen LogP contribution in [0.2, 0.25) is 0 Å². The Balaban J connectivity index is 1.90. The van der Waals surface area contributed by atoms with Gasteiger partial charge in [-0.2, -0.15) is 0 Å². The first kappa shape index (κ1) is 13.6. The fourth-order valence-corrected chi connectivity index (χ4v) is 2.72. The van der Waals surface area contributed by atoms with Gasteiger partial charge in [-0.15, -0.1) is 0 Å². The Hall–Kier alpha value is -3.08. The molecular weight excluding hydrogens is 290 g/mol. The summed E-state index contributed by atoms with van der Waals surface area (Å²) in [5, 5.41) is 0. The van der Waals surface area contributed by atoms with Crippen LogP contribution in [-0.2, 0) is 0 Å². The summed E-state index contributed by atoms with van der Waals surface area (Å²) in [4.78, 5) is 19.6. The van der Waals surface area contributed by atoms with Crippen LogP contribution in [0.4, 0.5) is 0 Å². The predicted octanol–water partition coefficient (Wildman–Crippen LogP) is 3.24. The van der Waals surface area contributed by atoms with Crippen molar-refractivity contribution in [1.82, 2.24) is 14.4 Å². The third-order valence-corrected chi connectivity index (χ3v) is 3.78. The van der Waals surface area contributed by atoms with E-state index in [-0.39, 0.29) is 5.56 Å². The maximum atomic E-state index is 12.2. The minimum absolute atomic E-state index is 0.194. The van der Waals surface area contributed by atoms with E-state index in [1.807, 2.05) is 66.1 Å². The lowest BCUT2D eigenvalue weighted by Gasteiger charge is -2.02. The van der Waals surface area contributed by atoms with Crippen molar-refractivity contribution >= 4 is 16.7 Å². The highest BCUT2D eigenvalue weighted by Gasteiger charge is 2.10. The molecule has 2 aromatic heterocycles. The third kappa shape index (κ3) is 2.26. The van der Waals surface area contributed by atoms with Crippen molar-refractivity contribution in [3.05, 3.63) is 65.1 Å². The van der Waals surface area contributed by atoms with Gasteiger partial charge < -0.3 is 9.72 Å². The molecule has 0 atom stereocenters. The predicted molar refractivity (Wildman–Crippen MR) is 89.9 cm³/mol. The van der Waals surface area contributed by atoms with Crippen LogP contribution in [-0.4, -0.2) is 21.0 Å². The first-order valence-electron chi connectivity index (χ1n) is 7.49. The average molecular weight is 305 g/mol.